The van der Waals surface area contributed by atoms with Gasteiger partial charge in [-0.2, -0.15) is 0 Å². The van der Waals surface area contributed by atoms with E-state index in [9.17, 15) is 24.6 Å². The van der Waals surface area contributed by atoms with Gasteiger partial charge in [0.2, 0.25) is 0 Å². The molecule has 1 aliphatic carbocycles. The fraction of sp³-hybridized carbons (Fsp3) is 0.150. The van der Waals surface area contributed by atoms with E-state index in [-0.39, 0.29) is 45.8 Å². The van der Waals surface area contributed by atoms with Crippen LogP contribution in [0.1, 0.15) is 56.3 Å². The van der Waals surface area contributed by atoms with Crippen LogP contribution < -0.4 is 0 Å². The van der Waals surface area contributed by atoms with Crippen molar-refractivity contribution in [1.29, 1.82) is 0 Å². The lowest BCUT2D eigenvalue weighted by Gasteiger charge is -2.21. The molecule has 1 aliphatic rings. The van der Waals surface area contributed by atoms with Crippen LogP contribution in [-0.4, -0.2) is 27.6 Å². The second-order valence-corrected chi connectivity index (χ2v) is 5.89. The highest BCUT2D eigenvalue weighted by atomic mass is 16.3. The van der Waals surface area contributed by atoms with E-state index in [1.165, 1.54) is 12.1 Å². The van der Waals surface area contributed by atoms with E-state index in [1.54, 1.807) is 32.0 Å². The summed E-state index contributed by atoms with van der Waals surface area (Å²) in [5, 5.41) is 20.8. The van der Waals surface area contributed by atoms with Crippen LogP contribution in [0.4, 0.5) is 0 Å². The van der Waals surface area contributed by atoms with E-state index in [0.717, 1.165) is 6.08 Å². The zero-order valence-electron chi connectivity index (χ0n) is 13.8. The van der Waals surface area contributed by atoms with Gasteiger partial charge in [0.25, 0.3) is 0 Å². The maximum atomic E-state index is 12.8. The SMILES string of the molecule is CCC(=O)/C=C(\O)c1c(C)cc2c(c1O)C(=O)c1ccccc1C2=O. The number of carbonyl (C=O) groups is 3. The van der Waals surface area contributed by atoms with Gasteiger partial charge in [-0.15, -0.1) is 0 Å². The first-order chi connectivity index (χ1) is 11.9. The minimum Gasteiger partial charge on any atom is -0.507 e. The lowest BCUT2D eigenvalue weighted by atomic mass is 9.81. The van der Waals surface area contributed by atoms with Gasteiger partial charge >= 0.3 is 0 Å². The average molecular weight is 336 g/mol. The highest BCUT2D eigenvalue weighted by Crippen LogP contribution is 2.38. The number of fused-ring (bicyclic) bond motifs is 2. The predicted octanol–water partition coefficient (Wildman–Crippen LogP) is 3.35. The first-order valence-electron chi connectivity index (χ1n) is 7.85. The van der Waals surface area contributed by atoms with Gasteiger partial charge in [0.15, 0.2) is 17.3 Å². The molecule has 0 saturated heterocycles. The number of hydrogen-bond donors (Lipinski definition) is 2. The largest absolute Gasteiger partial charge is 0.507 e. The molecule has 126 valence electrons. The molecule has 0 fully saturated rings. The summed E-state index contributed by atoms with van der Waals surface area (Å²) >= 11 is 0. The summed E-state index contributed by atoms with van der Waals surface area (Å²) in [6, 6.07) is 7.85. The molecule has 25 heavy (non-hydrogen) atoms. The number of allylic oxidation sites excluding steroid dienone is 1. The zero-order valence-corrected chi connectivity index (χ0v) is 13.8. The third-order valence-electron chi connectivity index (χ3n) is 4.29. The zero-order chi connectivity index (χ0) is 18.3. The van der Waals surface area contributed by atoms with Crippen molar-refractivity contribution in [2.45, 2.75) is 20.3 Å². The van der Waals surface area contributed by atoms with Crippen LogP contribution in [-0.2, 0) is 4.79 Å². The number of aromatic hydroxyl groups is 1. The Morgan fingerprint density at radius 2 is 1.68 bits per heavy atom. The molecule has 5 nitrogen and oxygen atoms in total. The number of benzene rings is 2. The molecule has 2 aromatic rings. The Balaban J connectivity index is 2.27. The lowest BCUT2D eigenvalue weighted by Crippen LogP contribution is -2.21. The highest BCUT2D eigenvalue weighted by Gasteiger charge is 2.34. The first-order valence-corrected chi connectivity index (χ1v) is 7.85. The Bertz CT molecular complexity index is 966. The molecule has 3 rings (SSSR count). The van der Waals surface area contributed by atoms with Gasteiger partial charge in [-0.25, -0.2) is 0 Å². The maximum absolute atomic E-state index is 12.8. The number of aliphatic hydroxyl groups is 1. The third kappa shape index (κ3) is 2.54. The molecule has 0 unspecified atom stereocenters. The van der Waals surface area contributed by atoms with E-state index < -0.39 is 17.3 Å². The summed E-state index contributed by atoms with van der Waals surface area (Å²) in [5.74, 6) is -2.08. The summed E-state index contributed by atoms with van der Waals surface area (Å²) in [4.78, 5) is 37.0. The molecule has 0 aliphatic heterocycles. The summed E-state index contributed by atoms with van der Waals surface area (Å²) in [7, 11) is 0. The van der Waals surface area contributed by atoms with Crippen LogP contribution in [0.2, 0.25) is 0 Å². The van der Waals surface area contributed by atoms with Gasteiger partial charge < -0.3 is 10.2 Å². The number of aryl methyl sites for hydroxylation is 1. The van der Waals surface area contributed by atoms with Gasteiger partial charge in [-0.3, -0.25) is 14.4 Å². The lowest BCUT2D eigenvalue weighted by molar-refractivity contribution is -0.114. The summed E-state index contributed by atoms with van der Waals surface area (Å²) in [5.41, 5.74) is 0.825. The van der Waals surface area contributed by atoms with Crippen LogP contribution >= 0.6 is 0 Å². The quantitative estimate of drug-likeness (QED) is 0.565. The Labute approximate surface area is 144 Å². The Kier molecular flexibility index (Phi) is 4.00. The number of aliphatic hydroxyl groups excluding tert-OH is 1. The van der Waals surface area contributed by atoms with Gasteiger partial charge in [-0.05, 0) is 18.6 Å². The van der Waals surface area contributed by atoms with Gasteiger partial charge in [0.1, 0.15) is 11.5 Å². The van der Waals surface area contributed by atoms with E-state index in [0.29, 0.717) is 5.56 Å². The molecule has 0 saturated carbocycles. The number of hydrogen-bond acceptors (Lipinski definition) is 5. The average Bonchev–Trinajstić information content (AvgIpc) is 2.59. The molecule has 2 aromatic carbocycles. The molecular formula is C20H16O5. The van der Waals surface area contributed by atoms with Crippen molar-refractivity contribution in [3.63, 3.8) is 0 Å². The fourth-order valence-electron chi connectivity index (χ4n) is 3.02. The van der Waals surface area contributed by atoms with Crippen molar-refractivity contribution in [2.75, 3.05) is 0 Å². The smallest absolute Gasteiger partial charge is 0.198 e. The van der Waals surface area contributed by atoms with E-state index in [1.807, 2.05) is 0 Å². The molecule has 0 spiro atoms. The van der Waals surface area contributed by atoms with Crippen LogP contribution in [0.25, 0.3) is 5.76 Å². The Hall–Kier alpha value is -3.21. The number of phenolic OH excluding ortho intramolecular Hbond substituents is 1. The normalized spacial score (nSPS) is 13.4. The van der Waals surface area contributed by atoms with E-state index >= 15 is 0 Å². The first kappa shape index (κ1) is 16.6. The molecule has 5 heteroatoms. The van der Waals surface area contributed by atoms with E-state index in [2.05, 4.69) is 0 Å². The van der Waals surface area contributed by atoms with Crippen molar-refractivity contribution in [3.8, 4) is 5.75 Å². The van der Waals surface area contributed by atoms with Gasteiger partial charge in [-0.1, -0.05) is 31.2 Å². The molecule has 0 radical (unpaired) electrons. The van der Waals surface area contributed by atoms with Crippen LogP contribution in [0.3, 0.4) is 0 Å². The summed E-state index contributed by atoms with van der Waals surface area (Å²) in [6.07, 6.45) is 1.21. The van der Waals surface area contributed by atoms with Gasteiger partial charge in [0, 0.05) is 29.2 Å². The summed E-state index contributed by atoms with van der Waals surface area (Å²) < 4.78 is 0. The molecule has 0 aromatic heterocycles. The standard InChI is InChI=1S/C20H16O5/c1-3-11(21)9-15(22)16-10(2)8-14-17(20(16)25)19(24)13-7-5-4-6-12(13)18(14)23/h4-9,22,25H,3H2,1-2H3/b15-9-. The second-order valence-electron chi connectivity index (χ2n) is 5.89. The molecule has 0 bridgehead atoms. The van der Waals surface area contributed by atoms with Crippen molar-refractivity contribution in [2.24, 2.45) is 0 Å². The molecular weight excluding hydrogens is 320 g/mol. The van der Waals surface area contributed by atoms with Crippen molar-refractivity contribution in [3.05, 3.63) is 69.8 Å². The number of phenols is 1. The van der Waals surface area contributed by atoms with Crippen LogP contribution in [0, 0.1) is 6.92 Å². The van der Waals surface area contributed by atoms with Crippen molar-refractivity contribution in [1.82, 2.24) is 0 Å². The topological polar surface area (TPSA) is 91.7 Å². The fourth-order valence-corrected chi connectivity index (χ4v) is 3.02. The highest BCUT2D eigenvalue weighted by molar-refractivity contribution is 6.29. The van der Waals surface area contributed by atoms with Gasteiger partial charge in [0.05, 0.1) is 11.1 Å². The molecule has 0 amide bonds. The number of ketones is 3. The maximum Gasteiger partial charge on any atom is 0.198 e. The monoisotopic (exact) mass is 336 g/mol. The van der Waals surface area contributed by atoms with Crippen molar-refractivity contribution < 1.29 is 24.6 Å². The third-order valence-corrected chi connectivity index (χ3v) is 4.29. The van der Waals surface area contributed by atoms with E-state index in [4.69, 9.17) is 0 Å². The predicted molar refractivity (Wildman–Crippen MR) is 92.1 cm³/mol. The Morgan fingerprint density at radius 3 is 2.28 bits per heavy atom. The molecule has 0 atom stereocenters. The Morgan fingerprint density at radius 1 is 1.08 bits per heavy atom. The molecule has 2 N–H and O–H groups in total. The van der Waals surface area contributed by atoms with Crippen molar-refractivity contribution >= 4 is 23.1 Å². The number of carbonyl (C=O) groups excluding carboxylic acids is 3. The molecule has 0 heterocycles. The minimum atomic E-state index is -0.487. The minimum absolute atomic E-state index is 0.0129. The van der Waals surface area contributed by atoms with Crippen LogP contribution in [0.5, 0.6) is 5.75 Å². The number of rotatable bonds is 3. The second kappa shape index (κ2) is 6.02. The van der Waals surface area contributed by atoms with Crippen LogP contribution in [0.15, 0.2) is 36.4 Å². The summed E-state index contributed by atoms with van der Waals surface area (Å²) in [6.45, 7) is 3.24.